The Kier molecular flexibility index (Phi) is 4.38. The molecular formula is C8H15N5O3. The summed E-state index contributed by atoms with van der Waals surface area (Å²) in [5.41, 5.74) is 1.11. The van der Waals surface area contributed by atoms with Crippen LogP contribution in [0.15, 0.2) is 12.4 Å². The van der Waals surface area contributed by atoms with Crippen molar-refractivity contribution in [2.45, 2.75) is 5.54 Å². The van der Waals surface area contributed by atoms with Crippen LogP contribution in [0.2, 0.25) is 0 Å². The van der Waals surface area contributed by atoms with Crippen molar-refractivity contribution in [2.24, 2.45) is 5.84 Å². The fourth-order valence-electron chi connectivity index (χ4n) is 1.04. The van der Waals surface area contributed by atoms with Gasteiger partial charge < -0.3 is 26.1 Å². The molecule has 0 unspecified atom stereocenters. The summed E-state index contributed by atoms with van der Waals surface area (Å²) in [6.45, 7) is -1.31. The average Bonchev–Trinajstić information content (AvgIpc) is 2.36. The molecule has 1 aromatic heterocycles. The maximum Gasteiger partial charge on any atom is 0.145 e. The molecular weight excluding hydrogens is 214 g/mol. The van der Waals surface area contributed by atoms with Gasteiger partial charge in [0.2, 0.25) is 0 Å². The quantitative estimate of drug-likeness (QED) is 0.241. The lowest BCUT2D eigenvalue weighted by Gasteiger charge is -2.29. The van der Waals surface area contributed by atoms with Gasteiger partial charge in [0, 0.05) is 6.07 Å². The van der Waals surface area contributed by atoms with Gasteiger partial charge in [-0.25, -0.2) is 15.8 Å². The Labute approximate surface area is 92.1 Å². The first-order chi connectivity index (χ1) is 7.69. The Morgan fingerprint density at radius 3 is 2.19 bits per heavy atom. The van der Waals surface area contributed by atoms with Crippen LogP contribution in [-0.2, 0) is 0 Å². The molecule has 0 fully saturated rings. The number of hydrogen-bond acceptors (Lipinski definition) is 8. The number of aromatic nitrogens is 2. The number of aliphatic hydroxyl groups is 3. The fraction of sp³-hybridized carbons (Fsp3) is 0.500. The molecule has 7 N–H and O–H groups in total. The molecule has 16 heavy (non-hydrogen) atoms. The largest absolute Gasteiger partial charge is 0.394 e. The normalized spacial score (nSPS) is 11.2. The Hall–Kier alpha value is -1.48. The molecule has 0 bridgehead atoms. The van der Waals surface area contributed by atoms with Crippen LogP contribution in [0.4, 0.5) is 11.6 Å². The Bertz CT molecular complexity index is 323. The van der Waals surface area contributed by atoms with Crippen LogP contribution in [0.3, 0.4) is 0 Å². The third-order valence-corrected chi connectivity index (χ3v) is 2.12. The minimum absolute atomic E-state index is 0.333. The summed E-state index contributed by atoms with van der Waals surface area (Å²) in [7, 11) is 0. The van der Waals surface area contributed by atoms with Crippen molar-refractivity contribution in [1.82, 2.24) is 9.97 Å². The van der Waals surface area contributed by atoms with Gasteiger partial charge in [-0.2, -0.15) is 0 Å². The summed E-state index contributed by atoms with van der Waals surface area (Å²) in [6.07, 6.45) is 1.26. The molecule has 0 saturated heterocycles. The summed E-state index contributed by atoms with van der Waals surface area (Å²) >= 11 is 0. The highest BCUT2D eigenvalue weighted by Gasteiger charge is 2.28. The van der Waals surface area contributed by atoms with Crippen LogP contribution in [0.25, 0.3) is 0 Å². The number of nitrogens with one attached hydrogen (secondary N) is 2. The highest BCUT2D eigenvalue weighted by Crippen LogP contribution is 2.14. The number of aliphatic hydroxyl groups excluding tert-OH is 3. The van der Waals surface area contributed by atoms with E-state index in [0.717, 1.165) is 0 Å². The third kappa shape index (κ3) is 2.76. The van der Waals surface area contributed by atoms with Crippen molar-refractivity contribution >= 4 is 11.6 Å². The number of nitrogens with zero attached hydrogens (tertiary/aromatic N) is 2. The zero-order chi connectivity index (χ0) is 12.0. The summed E-state index contributed by atoms with van der Waals surface area (Å²) in [5, 5.41) is 30.0. The van der Waals surface area contributed by atoms with E-state index in [2.05, 4.69) is 20.7 Å². The van der Waals surface area contributed by atoms with E-state index in [0.29, 0.717) is 11.6 Å². The number of anilines is 2. The summed E-state index contributed by atoms with van der Waals surface area (Å²) in [4.78, 5) is 7.66. The highest BCUT2D eigenvalue weighted by molar-refractivity contribution is 5.47. The minimum Gasteiger partial charge on any atom is -0.394 e. The van der Waals surface area contributed by atoms with Gasteiger partial charge in [-0.3, -0.25) is 0 Å². The van der Waals surface area contributed by atoms with Crippen LogP contribution >= 0.6 is 0 Å². The van der Waals surface area contributed by atoms with Gasteiger partial charge in [-0.15, -0.1) is 0 Å². The monoisotopic (exact) mass is 229 g/mol. The smallest absolute Gasteiger partial charge is 0.145 e. The molecule has 0 aliphatic heterocycles. The van der Waals surface area contributed by atoms with Gasteiger partial charge >= 0.3 is 0 Å². The molecule has 0 aliphatic carbocycles. The number of hydrazine groups is 1. The molecule has 1 rings (SSSR count). The van der Waals surface area contributed by atoms with E-state index in [1.165, 1.54) is 12.4 Å². The standard InChI is InChI=1S/C8H15N5O3/c9-13-7-1-6(10-5-11-7)12-8(2-14,3-15)4-16/h1,5,14-16H,2-4,9H2,(H2,10,11,12,13). The molecule has 0 amide bonds. The maximum absolute atomic E-state index is 9.10. The second-order valence-electron chi connectivity index (χ2n) is 3.31. The van der Waals surface area contributed by atoms with Gasteiger partial charge in [0.15, 0.2) is 0 Å². The Morgan fingerprint density at radius 1 is 1.12 bits per heavy atom. The molecule has 1 heterocycles. The SMILES string of the molecule is NNc1cc(NC(CO)(CO)CO)ncn1. The Morgan fingerprint density at radius 2 is 1.69 bits per heavy atom. The first-order valence-corrected chi connectivity index (χ1v) is 4.59. The van der Waals surface area contributed by atoms with Crippen LogP contribution < -0.4 is 16.6 Å². The van der Waals surface area contributed by atoms with Crippen LogP contribution in [-0.4, -0.2) is 50.6 Å². The number of hydrogen-bond donors (Lipinski definition) is 6. The van der Waals surface area contributed by atoms with Gasteiger partial charge in [0.25, 0.3) is 0 Å². The van der Waals surface area contributed by atoms with Crippen LogP contribution in [0.1, 0.15) is 0 Å². The van der Waals surface area contributed by atoms with Crippen LogP contribution in [0.5, 0.6) is 0 Å². The molecule has 0 atom stereocenters. The molecule has 90 valence electrons. The topological polar surface area (TPSA) is 137 Å². The van der Waals surface area contributed by atoms with Gasteiger partial charge in [0.1, 0.15) is 23.5 Å². The molecule has 0 aliphatic rings. The van der Waals surface area contributed by atoms with Gasteiger partial charge in [-0.05, 0) is 0 Å². The van der Waals surface area contributed by atoms with Gasteiger partial charge in [-0.1, -0.05) is 0 Å². The van der Waals surface area contributed by atoms with Crippen LogP contribution in [0, 0.1) is 0 Å². The first kappa shape index (κ1) is 12.6. The first-order valence-electron chi connectivity index (χ1n) is 4.59. The second kappa shape index (κ2) is 5.56. The summed E-state index contributed by atoms with van der Waals surface area (Å²) in [6, 6.07) is 1.48. The van der Waals surface area contributed by atoms with Gasteiger partial charge in [0.05, 0.1) is 19.8 Å². The molecule has 0 spiro atoms. The number of rotatable bonds is 6. The highest BCUT2D eigenvalue weighted by atomic mass is 16.3. The van der Waals surface area contributed by atoms with Crippen molar-refractivity contribution in [3.8, 4) is 0 Å². The third-order valence-electron chi connectivity index (χ3n) is 2.12. The van der Waals surface area contributed by atoms with Crippen molar-refractivity contribution in [2.75, 3.05) is 30.6 Å². The van der Waals surface area contributed by atoms with Crippen molar-refractivity contribution < 1.29 is 15.3 Å². The zero-order valence-electron chi connectivity index (χ0n) is 8.59. The Balaban J connectivity index is 2.84. The van der Waals surface area contributed by atoms with E-state index in [9.17, 15) is 0 Å². The van der Waals surface area contributed by atoms with Crippen molar-refractivity contribution in [1.29, 1.82) is 0 Å². The summed E-state index contributed by atoms with van der Waals surface area (Å²) in [5.74, 6) is 5.87. The molecule has 0 aromatic carbocycles. The van der Waals surface area contributed by atoms with E-state index in [-0.39, 0.29) is 0 Å². The van der Waals surface area contributed by atoms with E-state index >= 15 is 0 Å². The maximum atomic E-state index is 9.10. The average molecular weight is 229 g/mol. The molecule has 8 heteroatoms. The lowest BCUT2D eigenvalue weighted by atomic mass is 10.0. The van der Waals surface area contributed by atoms with Crippen molar-refractivity contribution in [3.05, 3.63) is 12.4 Å². The molecule has 1 aromatic rings. The predicted octanol–water partition coefficient (Wildman–Crippen LogP) is -2.11. The van der Waals surface area contributed by atoms with E-state index in [4.69, 9.17) is 21.2 Å². The number of nitrogen functional groups attached to an aromatic ring is 1. The van der Waals surface area contributed by atoms with E-state index in [1.54, 1.807) is 0 Å². The fourth-order valence-corrected chi connectivity index (χ4v) is 1.04. The lowest BCUT2D eigenvalue weighted by Crippen LogP contribution is -2.49. The van der Waals surface area contributed by atoms with E-state index < -0.39 is 25.4 Å². The zero-order valence-corrected chi connectivity index (χ0v) is 8.59. The molecule has 0 saturated carbocycles. The molecule has 8 nitrogen and oxygen atoms in total. The summed E-state index contributed by atoms with van der Waals surface area (Å²) < 4.78 is 0. The lowest BCUT2D eigenvalue weighted by molar-refractivity contribution is 0.0831. The van der Waals surface area contributed by atoms with Crippen molar-refractivity contribution in [3.63, 3.8) is 0 Å². The number of nitrogens with two attached hydrogens (primary N) is 1. The second-order valence-corrected chi connectivity index (χ2v) is 3.31. The van der Waals surface area contributed by atoms with E-state index in [1.807, 2.05) is 0 Å². The minimum atomic E-state index is -1.22. The predicted molar refractivity (Wildman–Crippen MR) is 57.5 cm³/mol. The molecule has 0 radical (unpaired) electrons.